The highest BCUT2D eigenvalue weighted by Gasteiger charge is 2.01. The lowest BCUT2D eigenvalue weighted by Gasteiger charge is -2.05. The first-order chi connectivity index (χ1) is 4.16. The van der Waals surface area contributed by atoms with Crippen LogP contribution in [0.5, 0.6) is 0 Å². The number of halogens is 1. The Morgan fingerprint density at radius 3 is 2.56 bits per heavy atom. The highest BCUT2D eigenvalue weighted by molar-refractivity contribution is 14.1. The quantitative estimate of drug-likeness (QED) is 0.428. The molecule has 54 valence electrons. The molecule has 0 rings (SSSR count). The van der Waals surface area contributed by atoms with Crippen molar-refractivity contribution in [3.8, 4) is 0 Å². The van der Waals surface area contributed by atoms with Crippen molar-refractivity contribution in [3.63, 3.8) is 0 Å². The Morgan fingerprint density at radius 1 is 1.67 bits per heavy atom. The van der Waals surface area contributed by atoms with Gasteiger partial charge in [0, 0.05) is 4.43 Å². The van der Waals surface area contributed by atoms with Crippen LogP contribution in [-0.2, 0) is 9.53 Å². The number of rotatable bonds is 3. The zero-order valence-corrected chi connectivity index (χ0v) is 7.84. The van der Waals surface area contributed by atoms with Crippen molar-refractivity contribution >= 4 is 28.6 Å². The molecule has 0 aliphatic heterocycles. The van der Waals surface area contributed by atoms with E-state index in [2.05, 4.69) is 22.6 Å². The molecule has 0 aliphatic rings. The fourth-order valence-electron chi connectivity index (χ4n) is 0.399. The average Bonchev–Trinajstić information content (AvgIpc) is 1.63. The lowest BCUT2D eigenvalue weighted by atomic mass is 10.4. The molecule has 0 aromatic heterocycles. The van der Waals surface area contributed by atoms with Gasteiger partial charge in [-0.25, -0.2) is 0 Å². The van der Waals surface area contributed by atoms with E-state index in [1.165, 1.54) is 0 Å². The van der Waals surface area contributed by atoms with Gasteiger partial charge >= 0.3 is 5.97 Å². The molecule has 0 aliphatic carbocycles. The Morgan fingerprint density at radius 2 is 2.22 bits per heavy atom. The minimum absolute atomic E-state index is 0.0282. The van der Waals surface area contributed by atoms with Gasteiger partial charge in [0.1, 0.15) is 0 Å². The van der Waals surface area contributed by atoms with Gasteiger partial charge in [0.15, 0.2) is 0 Å². The molecule has 0 spiro atoms. The lowest BCUT2D eigenvalue weighted by Crippen LogP contribution is -2.11. The van der Waals surface area contributed by atoms with Crippen molar-refractivity contribution in [2.45, 2.75) is 26.4 Å². The van der Waals surface area contributed by atoms with Gasteiger partial charge in [0.25, 0.3) is 0 Å². The Labute approximate surface area is 69.1 Å². The molecule has 0 heterocycles. The largest absolute Gasteiger partial charge is 0.463 e. The zero-order valence-electron chi connectivity index (χ0n) is 5.69. The van der Waals surface area contributed by atoms with Crippen molar-refractivity contribution in [3.05, 3.63) is 0 Å². The maximum atomic E-state index is 10.6. The van der Waals surface area contributed by atoms with Gasteiger partial charge in [0.2, 0.25) is 0 Å². The second-order valence-electron chi connectivity index (χ2n) is 1.98. The van der Waals surface area contributed by atoms with Gasteiger partial charge in [0.05, 0.1) is 12.5 Å². The molecular weight excluding hydrogens is 231 g/mol. The number of carbonyl (C=O) groups is 1. The molecule has 0 saturated carbocycles. The molecule has 0 bridgehead atoms. The third-order valence-electron chi connectivity index (χ3n) is 0.666. The third-order valence-corrected chi connectivity index (χ3v) is 1.21. The van der Waals surface area contributed by atoms with Crippen LogP contribution in [-0.4, -0.2) is 16.5 Å². The molecule has 3 heteroatoms. The normalized spacial score (nSPS) is 9.78. The number of hydrogen-bond donors (Lipinski definition) is 0. The topological polar surface area (TPSA) is 26.3 Å². The van der Waals surface area contributed by atoms with Crippen LogP contribution < -0.4 is 0 Å². The Hall–Kier alpha value is 0.200. The van der Waals surface area contributed by atoms with E-state index >= 15 is 0 Å². The summed E-state index contributed by atoms with van der Waals surface area (Å²) in [6.45, 7) is 3.70. The first-order valence-electron chi connectivity index (χ1n) is 2.92. The minimum atomic E-state index is -0.0978. The first-order valence-corrected chi connectivity index (χ1v) is 4.45. The van der Waals surface area contributed by atoms with Gasteiger partial charge in [-0.3, -0.25) is 4.79 Å². The van der Waals surface area contributed by atoms with Gasteiger partial charge in [-0.1, -0.05) is 22.6 Å². The summed E-state index contributed by atoms with van der Waals surface area (Å²) >= 11 is 2.15. The predicted octanol–water partition coefficient (Wildman–Crippen LogP) is 1.76. The van der Waals surface area contributed by atoms with E-state index in [4.69, 9.17) is 4.74 Å². The Balaban J connectivity index is 3.27. The van der Waals surface area contributed by atoms with Crippen LogP contribution >= 0.6 is 22.6 Å². The summed E-state index contributed by atoms with van der Waals surface area (Å²) in [6.07, 6.45) is 0.555. The molecule has 0 saturated heterocycles. The van der Waals surface area contributed by atoms with Crippen LogP contribution in [0.15, 0.2) is 0 Å². The second-order valence-corrected chi connectivity index (χ2v) is 3.06. The fraction of sp³-hybridized carbons (Fsp3) is 0.833. The number of ether oxygens (including phenoxy) is 1. The smallest absolute Gasteiger partial charge is 0.306 e. The number of alkyl halides is 1. The number of hydrogen-bond acceptors (Lipinski definition) is 2. The maximum absolute atomic E-state index is 10.6. The summed E-state index contributed by atoms with van der Waals surface area (Å²) < 4.78 is 5.68. The summed E-state index contributed by atoms with van der Waals surface area (Å²) in [6, 6.07) is 0. The van der Waals surface area contributed by atoms with Crippen LogP contribution in [0.3, 0.4) is 0 Å². The van der Waals surface area contributed by atoms with Crippen molar-refractivity contribution in [2.24, 2.45) is 0 Å². The molecule has 2 nitrogen and oxygen atoms in total. The van der Waals surface area contributed by atoms with Crippen LogP contribution in [0.2, 0.25) is 0 Å². The summed E-state index contributed by atoms with van der Waals surface area (Å²) in [5.74, 6) is -0.0978. The van der Waals surface area contributed by atoms with Gasteiger partial charge in [-0.05, 0) is 13.8 Å². The SMILES string of the molecule is CC(C)OC(=O)CCI. The predicted molar refractivity (Wildman–Crippen MR) is 44.7 cm³/mol. The maximum Gasteiger partial charge on any atom is 0.306 e. The van der Waals surface area contributed by atoms with Crippen molar-refractivity contribution < 1.29 is 9.53 Å². The molecule has 0 aromatic carbocycles. The molecular formula is C6H11IO2. The fourth-order valence-corrected chi connectivity index (χ4v) is 0.839. The molecule has 0 fully saturated rings. The third kappa shape index (κ3) is 6.08. The van der Waals surface area contributed by atoms with Crippen LogP contribution in [0.4, 0.5) is 0 Å². The molecule has 9 heavy (non-hydrogen) atoms. The average molecular weight is 242 g/mol. The van der Waals surface area contributed by atoms with E-state index < -0.39 is 0 Å². The molecule has 0 unspecified atom stereocenters. The molecule has 0 aromatic rings. The van der Waals surface area contributed by atoms with Crippen molar-refractivity contribution in [1.82, 2.24) is 0 Å². The van der Waals surface area contributed by atoms with Gasteiger partial charge in [-0.2, -0.15) is 0 Å². The number of carbonyl (C=O) groups excluding carboxylic acids is 1. The zero-order chi connectivity index (χ0) is 7.28. The van der Waals surface area contributed by atoms with E-state index in [-0.39, 0.29) is 12.1 Å². The highest BCUT2D eigenvalue weighted by Crippen LogP contribution is 1.95. The summed E-state index contributed by atoms with van der Waals surface area (Å²) in [5, 5.41) is 0. The van der Waals surface area contributed by atoms with E-state index in [1.807, 2.05) is 13.8 Å². The molecule has 0 atom stereocenters. The van der Waals surface area contributed by atoms with E-state index in [9.17, 15) is 4.79 Å². The van der Waals surface area contributed by atoms with Gasteiger partial charge < -0.3 is 4.74 Å². The summed E-state index contributed by atoms with van der Waals surface area (Å²) in [7, 11) is 0. The molecule has 0 amide bonds. The van der Waals surface area contributed by atoms with E-state index in [0.717, 1.165) is 4.43 Å². The monoisotopic (exact) mass is 242 g/mol. The van der Waals surface area contributed by atoms with E-state index in [1.54, 1.807) is 0 Å². The summed E-state index contributed by atoms with van der Waals surface area (Å²) in [4.78, 5) is 10.6. The minimum Gasteiger partial charge on any atom is -0.463 e. The van der Waals surface area contributed by atoms with Crippen molar-refractivity contribution in [1.29, 1.82) is 0 Å². The van der Waals surface area contributed by atoms with Gasteiger partial charge in [-0.15, -0.1) is 0 Å². The molecule has 0 radical (unpaired) electrons. The molecule has 0 N–H and O–H groups in total. The Kier molecular flexibility index (Phi) is 5.13. The second kappa shape index (κ2) is 5.02. The highest BCUT2D eigenvalue weighted by atomic mass is 127. The van der Waals surface area contributed by atoms with Crippen LogP contribution in [0, 0.1) is 0 Å². The standard InChI is InChI=1S/C6H11IO2/c1-5(2)9-6(8)3-4-7/h5H,3-4H2,1-2H3. The lowest BCUT2D eigenvalue weighted by molar-refractivity contribution is -0.146. The van der Waals surface area contributed by atoms with Crippen LogP contribution in [0.1, 0.15) is 20.3 Å². The van der Waals surface area contributed by atoms with E-state index in [0.29, 0.717) is 6.42 Å². The summed E-state index contributed by atoms with van der Waals surface area (Å²) in [5.41, 5.74) is 0. The number of esters is 1. The van der Waals surface area contributed by atoms with Crippen LogP contribution in [0.25, 0.3) is 0 Å². The van der Waals surface area contributed by atoms with Crippen molar-refractivity contribution in [2.75, 3.05) is 4.43 Å². The Bertz CT molecular complexity index is 91.1. The first kappa shape index (κ1) is 9.20.